The number of fused-ring (bicyclic) bond motifs is 1. The minimum atomic E-state index is 0.278. The number of anilines is 1. The van der Waals surface area contributed by atoms with Crippen LogP contribution in [0.1, 0.15) is 29.3 Å². The van der Waals surface area contributed by atoms with Crippen molar-refractivity contribution in [3.8, 4) is 0 Å². The number of aryl methyl sites for hydroxylation is 2. The molecule has 1 N–H and O–H groups in total. The maximum atomic E-state index is 6.25. The third-order valence-corrected chi connectivity index (χ3v) is 3.81. The van der Waals surface area contributed by atoms with Gasteiger partial charge in [0.25, 0.3) is 0 Å². The van der Waals surface area contributed by atoms with Crippen LogP contribution in [0.25, 0.3) is 0 Å². The van der Waals surface area contributed by atoms with Crippen molar-refractivity contribution in [3.63, 3.8) is 0 Å². The molecule has 0 radical (unpaired) electrons. The largest absolute Gasteiger partial charge is 0.375 e. The molecular weight excluding hydrogens is 244 g/mol. The molecule has 0 aliphatic heterocycles. The summed E-state index contributed by atoms with van der Waals surface area (Å²) in [6, 6.07) is 10.4. The fourth-order valence-corrected chi connectivity index (χ4v) is 2.82. The smallest absolute Gasteiger partial charge is 0.0691 e. The van der Waals surface area contributed by atoms with E-state index in [-0.39, 0.29) is 6.04 Å². The van der Waals surface area contributed by atoms with Gasteiger partial charge in [0.2, 0.25) is 0 Å². The van der Waals surface area contributed by atoms with Crippen LogP contribution >= 0.6 is 11.6 Å². The minimum absolute atomic E-state index is 0.278. The lowest BCUT2D eigenvalue weighted by Gasteiger charge is -2.17. The van der Waals surface area contributed by atoms with E-state index in [1.807, 2.05) is 24.4 Å². The quantitative estimate of drug-likeness (QED) is 0.876. The van der Waals surface area contributed by atoms with Gasteiger partial charge < -0.3 is 5.32 Å². The highest BCUT2D eigenvalue weighted by Gasteiger charge is 2.24. The van der Waals surface area contributed by atoms with Gasteiger partial charge in [0, 0.05) is 6.20 Å². The van der Waals surface area contributed by atoms with Gasteiger partial charge in [-0.1, -0.05) is 29.8 Å². The van der Waals surface area contributed by atoms with Gasteiger partial charge in [-0.25, -0.2) is 0 Å². The Labute approximate surface area is 112 Å². The summed E-state index contributed by atoms with van der Waals surface area (Å²) in [5.74, 6) is 0. The molecule has 92 valence electrons. The number of hydrogen-bond acceptors (Lipinski definition) is 2. The summed E-state index contributed by atoms with van der Waals surface area (Å²) in [5.41, 5.74) is 4.71. The van der Waals surface area contributed by atoms with Gasteiger partial charge in [0.1, 0.15) is 0 Å². The van der Waals surface area contributed by atoms with Crippen LogP contribution in [0.15, 0.2) is 36.5 Å². The monoisotopic (exact) mass is 258 g/mol. The van der Waals surface area contributed by atoms with E-state index in [2.05, 4.69) is 29.4 Å². The molecule has 1 atom stereocenters. The van der Waals surface area contributed by atoms with Crippen molar-refractivity contribution in [2.45, 2.75) is 25.8 Å². The molecule has 1 aliphatic carbocycles. The summed E-state index contributed by atoms with van der Waals surface area (Å²) in [6.07, 6.45) is 4.03. The summed E-state index contributed by atoms with van der Waals surface area (Å²) in [6.45, 7) is 2.07. The van der Waals surface area contributed by atoms with E-state index in [1.165, 1.54) is 11.1 Å². The standard InChI is InChI=1S/C15H15ClN2/c1-10-4-2-6-12(16)14(10)18-13-8-7-11-5-3-9-17-15(11)13/h2-6,9,13,18H,7-8H2,1H3. The molecule has 0 amide bonds. The molecule has 0 fully saturated rings. The van der Waals surface area contributed by atoms with Gasteiger partial charge in [0.05, 0.1) is 22.4 Å². The topological polar surface area (TPSA) is 24.9 Å². The molecule has 0 saturated carbocycles. The van der Waals surface area contributed by atoms with E-state index < -0.39 is 0 Å². The van der Waals surface area contributed by atoms with Gasteiger partial charge in [-0.15, -0.1) is 0 Å². The number of nitrogens with one attached hydrogen (secondary N) is 1. The van der Waals surface area contributed by atoms with Crippen molar-refractivity contribution >= 4 is 17.3 Å². The van der Waals surface area contributed by atoms with Crippen LogP contribution in [0.5, 0.6) is 0 Å². The first kappa shape index (κ1) is 11.5. The van der Waals surface area contributed by atoms with E-state index in [0.29, 0.717) is 0 Å². The number of nitrogens with zero attached hydrogens (tertiary/aromatic N) is 1. The number of aromatic nitrogens is 1. The van der Waals surface area contributed by atoms with Crippen LogP contribution in [0.4, 0.5) is 5.69 Å². The SMILES string of the molecule is Cc1cccc(Cl)c1NC1CCc2cccnc21. The molecule has 0 spiro atoms. The molecule has 18 heavy (non-hydrogen) atoms. The van der Waals surface area contributed by atoms with Crippen molar-refractivity contribution < 1.29 is 0 Å². The highest BCUT2D eigenvalue weighted by atomic mass is 35.5. The third kappa shape index (κ3) is 1.97. The Morgan fingerprint density at radius 3 is 3.00 bits per heavy atom. The molecule has 2 nitrogen and oxygen atoms in total. The first-order valence-corrected chi connectivity index (χ1v) is 6.59. The van der Waals surface area contributed by atoms with Gasteiger partial charge >= 0.3 is 0 Å². The van der Waals surface area contributed by atoms with E-state index in [4.69, 9.17) is 11.6 Å². The summed E-state index contributed by atoms with van der Waals surface area (Å²) in [4.78, 5) is 4.49. The number of para-hydroxylation sites is 1. The Kier molecular flexibility index (Phi) is 2.96. The lowest BCUT2D eigenvalue weighted by molar-refractivity contribution is 0.745. The highest BCUT2D eigenvalue weighted by molar-refractivity contribution is 6.33. The Hall–Kier alpha value is -1.54. The van der Waals surface area contributed by atoms with E-state index in [1.54, 1.807) is 0 Å². The molecular formula is C15H15ClN2. The van der Waals surface area contributed by atoms with Crippen LogP contribution in [0, 0.1) is 6.92 Å². The predicted octanol–water partition coefficient (Wildman–Crippen LogP) is 4.14. The zero-order chi connectivity index (χ0) is 12.5. The second kappa shape index (κ2) is 4.62. The van der Waals surface area contributed by atoms with E-state index in [0.717, 1.165) is 29.2 Å². The number of hydrogen-bond donors (Lipinski definition) is 1. The Bertz CT molecular complexity index is 560. The van der Waals surface area contributed by atoms with Gasteiger partial charge in [-0.3, -0.25) is 4.98 Å². The van der Waals surface area contributed by atoms with Crippen molar-refractivity contribution in [2.24, 2.45) is 0 Å². The van der Waals surface area contributed by atoms with Crippen LogP contribution in [-0.2, 0) is 6.42 Å². The fourth-order valence-electron chi connectivity index (χ4n) is 2.54. The Morgan fingerprint density at radius 1 is 1.28 bits per heavy atom. The van der Waals surface area contributed by atoms with E-state index in [9.17, 15) is 0 Å². The summed E-state index contributed by atoms with van der Waals surface area (Å²) >= 11 is 6.25. The number of rotatable bonds is 2. The highest BCUT2D eigenvalue weighted by Crippen LogP contribution is 2.35. The fraction of sp³-hybridized carbons (Fsp3) is 0.267. The summed E-state index contributed by atoms with van der Waals surface area (Å²) in [5, 5.41) is 4.32. The average molecular weight is 259 g/mol. The Morgan fingerprint density at radius 2 is 2.17 bits per heavy atom. The van der Waals surface area contributed by atoms with Gasteiger partial charge in [0.15, 0.2) is 0 Å². The average Bonchev–Trinajstić information content (AvgIpc) is 2.77. The first-order chi connectivity index (χ1) is 8.75. The molecule has 0 bridgehead atoms. The second-order valence-electron chi connectivity index (χ2n) is 4.72. The predicted molar refractivity (Wildman–Crippen MR) is 75.1 cm³/mol. The zero-order valence-electron chi connectivity index (χ0n) is 10.3. The summed E-state index contributed by atoms with van der Waals surface area (Å²) < 4.78 is 0. The molecule has 0 saturated heterocycles. The minimum Gasteiger partial charge on any atom is -0.375 e. The molecule has 3 heteroatoms. The van der Waals surface area contributed by atoms with Gasteiger partial charge in [-0.05, 0) is 43.0 Å². The number of benzene rings is 1. The van der Waals surface area contributed by atoms with Crippen molar-refractivity contribution in [1.82, 2.24) is 4.98 Å². The maximum Gasteiger partial charge on any atom is 0.0691 e. The molecule has 1 aromatic carbocycles. The van der Waals surface area contributed by atoms with Crippen LogP contribution in [-0.4, -0.2) is 4.98 Å². The van der Waals surface area contributed by atoms with Crippen molar-refractivity contribution in [2.75, 3.05) is 5.32 Å². The second-order valence-corrected chi connectivity index (χ2v) is 5.12. The van der Waals surface area contributed by atoms with Crippen LogP contribution in [0.3, 0.4) is 0 Å². The molecule has 1 heterocycles. The first-order valence-electron chi connectivity index (χ1n) is 6.21. The molecule has 1 aliphatic rings. The maximum absolute atomic E-state index is 6.25. The molecule has 1 aromatic heterocycles. The van der Waals surface area contributed by atoms with E-state index >= 15 is 0 Å². The molecule has 3 rings (SSSR count). The van der Waals surface area contributed by atoms with Gasteiger partial charge in [-0.2, -0.15) is 0 Å². The number of halogens is 1. The molecule has 1 unspecified atom stereocenters. The zero-order valence-corrected chi connectivity index (χ0v) is 11.0. The lowest BCUT2D eigenvalue weighted by atomic mass is 10.1. The van der Waals surface area contributed by atoms with Crippen molar-refractivity contribution in [1.29, 1.82) is 0 Å². The molecule has 2 aromatic rings. The third-order valence-electron chi connectivity index (χ3n) is 3.50. The van der Waals surface area contributed by atoms with Crippen LogP contribution in [0.2, 0.25) is 5.02 Å². The number of pyridine rings is 1. The Balaban J connectivity index is 1.91. The van der Waals surface area contributed by atoms with Crippen molar-refractivity contribution in [3.05, 3.63) is 58.4 Å². The lowest BCUT2D eigenvalue weighted by Crippen LogP contribution is -2.09. The normalized spacial score (nSPS) is 17.6. The summed E-state index contributed by atoms with van der Waals surface area (Å²) in [7, 11) is 0. The van der Waals surface area contributed by atoms with Crippen LogP contribution < -0.4 is 5.32 Å².